The zero-order chi connectivity index (χ0) is 10.9. The molecule has 1 aromatic heterocycles. The number of H-pyrrole nitrogens is 1. The highest BCUT2D eigenvalue weighted by atomic mass is 15.1. The van der Waals surface area contributed by atoms with E-state index in [1.54, 1.807) is 5.57 Å². The number of hydrogen-bond donors (Lipinski definition) is 1. The smallest absolute Gasteiger partial charge is 0.0519 e. The lowest BCUT2D eigenvalue weighted by atomic mass is 9.73. The molecule has 0 amide bonds. The molecule has 0 radical (unpaired) electrons. The Morgan fingerprint density at radius 1 is 1.67 bits per heavy atom. The number of allylic oxidation sites excluding steroid dienone is 2. The first-order chi connectivity index (χ1) is 7.16. The fraction of sp³-hybridized carbons (Fsp3) is 0.615. The Labute approximate surface area is 91.8 Å². The molecular weight excluding hydrogens is 184 g/mol. The van der Waals surface area contributed by atoms with E-state index < -0.39 is 0 Å². The molecule has 82 valence electrons. The van der Waals surface area contributed by atoms with Gasteiger partial charge in [0, 0.05) is 6.20 Å². The van der Waals surface area contributed by atoms with Gasteiger partial charge >= 0.3 is 0 Å². The van der Waals surface area contributed by atoms with Crippen molar-refractivity contribution in [3.05, 3.63) is 29.6 Å². The fourth-order valence-corrected chi connectivity index (χ4v) is 2.85. The van der Waals surface area contributed by atoms with Crippen molar-refractivity contribution in [2.75, 3.05) is 0 Å². The molecule has 2 heteroatoms. The van der Waals surface area contributed by atoms with Gasteiger partial charge in [0.05, 0.1) is 6.20 Å². The summed E-state index contributed by atoms with van der Waals surface area (Å²) in [6.07, 6.45) is 9.99. The average molecular weight is 204 g/mol. The van der Waals surface area contributed by atoms with Crippen LogP contribution in [-0.2, 0) is 6.42 Å². The molecule has 2 atom stereocenters. The fourth-order valence-electron chi connectivity index (χ4n) is 2.85. The van der Waals surface area contributed by atoms with E-state index in [0.717, 1.165) is 12.3 Å². The molecule has 15 heavy (non-hydrogen) atoms. The molecule has 1 unspecified atom stereocenters. The highest BCUT2D eigenvalue weighted by molar-refractivity contribution is 5.23. The second kappa shape index (κ2) is 3.84. The second-order valence-corrected chi connectivity index (χ2v) is 4.95. The summed E-state index contributed by atoms with van der Waals surface area (Å²) >= 11 is 0. The van der Waals surface area contributed by atoms with Crippen LogP contribution in [0.25, 0.3) is 0 Å². The second-order valence-electron chi connectivity index (χ2n) is 4.95. The molecule has 1 aliphatic rings. The van der Waals surface area contributed by atoms with Crippen molar-refractivity contribution in [2.24, 2.45) is 11.3 Å². The van der Waals surface area contributed by atoms with Gasteiger partial charge in [0.25, 0.3) is 0 Å². The van der Waals surface area contributed by atoms with Crippen molar-refractivity contribution >= 4 is 0 Å². The van der Waals surface area contributed by atoms with Gasteiger partial charge in [-0.05, 0) is 43.1 Å². The molecule has 1 N–H and O–H groups in total. The molecule has 1 fully saturated rings. The predicted octanol–water partition coefficient (Wildman–Crippen LogP) is 3.33. The lowest BCUT2D eigenvalue weighted by molar-refractivity contribution is 0.295. The maximum atomic E-state index is 4.03. The van der Waals surface area contributed by atoms with E-state index in [1.807, 2.05) is 12.4 Å². The first-order valence-electron chi connectivity index (χ1n) is 5.80. The summed E-state index contributed by atoms with van der Waals surface area (Å²) in [7, 11) is 0. The highest BCUT2D eigenvalue weighted by Crippen LogP contribution is 2.49. The minimum Gasteiger partial charge on any atom is -0.285 e. The summed E-state index contributed by atoms with van der Waals surface area (Å²) < 4.78 is 0. The van der Waals surface area contributed by atoms with Gasteiger partial charge in [-0.2, -0.15) is 5.10 Å². The van der Waals surface area contributed by atoms with Crippen LogP contribution < -0.4 is 0 Å². The maximum absolute atomic E-state index is 4.03. The quantitative estimate of drug-likeness (QED) is 0.735. The Hall–Kier alpha value is -1.05. The molecule has 0 aliphatic heterocycles. The first kappa shape index (κ1) is 10.5. The Morgan fingerprint density at radius 3 is 3.07 bits per heavy atom. The number of hydrogen-bond acceptors (Lipinski definition) is 1. The summed E-state index contributed by atoms with van der Waals surface area (Å²) in [5.74, 6) is 0.776. The number of nitrogens with one attached hydrogen (secondary N) is 1. The van der Waals surface area contributed by atoms with Crippen LogP contribution in [0.5, 0.6) is 0 Å². The molecule has 1 heterocycles. The van der Waals surface area contributed by atoms with Crippen LogP contribution in [0, 0.1) is 11.3 Å². The Kier molecular flexibility index (Phi) is 2.68. The standard InChI is InChI=1S/C13H20N2/c1-4-12-6-5-10(2)13(12,3)7-11-8-14-15-9-11/h4,8-10H,5-7H2,1-3H3,(H,14,15)/b12-4-/t10-,13?/m0/s1. The topological polar surface area (TPSA) is 28.7 Å². The van der Waals surface area contributed by atoms with Gasteiger partial charge in [-0.1, -0.05) is 25.5 Å². The molecule has 1 saturated carbocycles. The van der Waals surface area contributed by atoms with E-state index in [-0.39, 0.29) is 0 Å². The van der Waals surface area contributed by atoms with Crippen molar-refractivity contribution in [3.8, 4) is 0 Å². The van der Waals surface area contributed by atoms with Crippen LogP contribution in [0.4, 0.5) is 0 Å². The third-order valence-electron chi connectivity index (χ3n) is 4.14. The normalized spacial score (nSPS) is 33.8. The van der Waals surface area contributed by atoms with Gasteiger partial charge in [-0.3, -0.25) is 5.10 Å². The Bertz CT molecular complexity index is 351. The SMILES string of the molecule is C/C=C1/CC[C@H](C)C1(C)Cc1cn[nH]c1. The van der Waals surface area contributed by atoms with Crippen molar-refractivity contribution in [2.45, 2.75) is 40.0 Å². The Balaban J connectivity index is 2.24. The molecule has 2 rings (SSSR count). The molecule has 2 nitrogen and oxygen atoms in total. The van der Waals surface area contributed by atoms with Crippen LogP contribution in [0.1, 0.15) is 39.2 Å². The molecule has 0 spiro atoms. The van der Waals surface area contributed by atoms with Crippen LogP contribution in [0.15, 0.2) is 24.0 Å². The maximum Gasteiger partial charge on any atom is 0.0519 e. The lowest BCUT2D eigenvalue weighted by Gasteiger charge is -2.30. The molecule has 0 bridgehead atoms. The van der Waals surface area contributed by atoms with Crippen molar-refractivity contribution in [1.82, 2.24) is 10.2 Å². The minimum absolute atomic E-state index is 0.346. The van der Waals surface area contributed by atoms with Gasteiger partial charge in [0.1, 0.15) is 0 Å². The largest absolute Gasteiger partial charge is 0.285 e. The molecule has 1 aliphatic carbocycles. The van der Waals surface area contributed by atoms with E-state index in [0.29, 0.717) is 5.41 Å². The van der Waals surface area contributed by atoms with Crippen LogP contribution >= 0.6 is 0 Å². The zero-order valence-corrected chi connectivity index (χ0v) is 9.88. The molecular formula is C13H20N2. The number of rotatable bonds is 2. The van der Waals surface area contributed by atoms with Crippen LogP contribution in [-0.4, -0.2) is 10.2 Å². The third-order valence-corrected chi connectivity index (χ3v) is 4.14. The summed E-state index contributed by atoms with van der Waals surface area (Å²) in [5.41, 5.74) is 3.29. The van der Waals surface area contributed by atoms with Crippen molar-refractivity contribution in [1.29, 1.82) is 0 Å². The number of aromatic amines is 1. The molecule has 1 aromatic rings. The van der Waals surface area contributed by atoms with Crippen molar-refractivity contribution < 1.29 is 0 Å². The summed E-state index contributed by atoms with van der Waals surface area (Å²) in [6, 6.07) is 0. The van der Waals surface area contributed by atoms with Crippen LogP contribution in [0.3, 0.4) is 0 Å². The monoisotopic (exact) mass is 204 g/mol. The summed E-state index contributed by atoms with van der Waals surface area (Å²) in [4.78, 5) is 0. The van der Waals surface area contributed by atoms with Crippen LogP contribution in [0.2, 0.25) is 0 Å². The summed E-state index contributed by atoms with van der Waals surface area (Å²) in [6.45, 7) is 6.94. The van der Waals surface area contributed by atoms with E-state index in [9.17, 15) is 0 Å². The predicted molar refractivity (Wildman–Crippen MR) is 62.6 cm³/mol. The van der Waals surface area contributed by atoms with Gasteiger partial charge < -0.3 is 0 Å². The number of aromatic nitrogens is 2. The Morgan fingerprint density at radius 2 is 2.47 bits per heavy atom. The van der Waals surface area contributed by atoms with Gasteiger partial charge in [0.15, 0.2) is 0 Å². The van der Waals surface area contributed by atoms with E-state index in [2.05, 4.69) is 37.0 Å². The van der Waals surface area contributed by atoms with E-state index in [1.165, 1.54) is 18.4 Å². The van der Waals surface area contributed by atoms with Gasteiger partial charge in [0.2, 0.25) is 0 Å². The average Bonchev–Trinajstić information content (AvgIpc) is 2.78. The zero-order valence-electron chi connectivity index (χ0n) is 9.88. The summed E-state index contributed by atoms with van der Waals surface area (Å²) in [5, 5.41) is 6.93. The van der Waals surface area contributed by atoms with E-state index >= 15 is 0 Å². The van der Waals surface area contributed by atoms with Gasteiger partial charge in [-0.15, -0.1) is 0 Å². The van der Waals surface area contributed by atoms with Crippen molar-refractivity contribution in [3.63, 3.8) is 0 Å². The third kappa shape index (κ3) is 1.73. The van der Waals surface area contributed by atoms with E-state index in [4.69, 9.17) is 0 Å². The molecule has 0 saturated heterocycles. The molecule has 0 aromatic carbocycles. The lowest BCUT2D eigenvalue weighted by Crippen LogP contribution is -2.24. The minimum atomic E-state index is 0.346. The first-order valence-corrected chi connectivity index (χ1v) is 5.80. The number of nitrogens with zero attached hydrogens (tertiary/aromatic N) is 1. The highest BCUT2D eigenvalue weighted by Gasteiger charge is 2.39. The van der Waals surface area contributed by atoms with Gasteiger partial charge in [-0.25, -0.2) is 0 Å².